The number of hydrogen-bond donors (Lipinski definition) is 1. The Morgan fingerprint density at radius 1 is 1.27 bits per heavy atom. The number of carbonyl (C=O) groups is 1. The summed E-state index contributed by atoms with van der Waals surface area (Å²) in [6.45, 7) is 4.00. The summed E-state index contributed by atoms with van der Waals surface area (Å²) in [5, 5.41) is 1.02. The first-order chi connectivity index (χ1) is 7.31. The average Bonchev–Trinajstić information content (AvgIpc) is 2.74. The maximum atomic E-state index is 11.1. The minimum absolute atomic E-state index is 0.337. The number of rotatable bonds is 1. The quantitative estimate of drug-likeness (QED) is 0.727. The molecule has 80 valence electrons. The van der Waals surface area contributed by atoms with Crippen LogP contribution in [0.5, 0.6) is 0 Å². The van der Waals surface area contributed by atoms with E-state index in [9.17, 15) is 4.79 Å². The number of hydrogen-bond acceptors (Lipinski definition) is 2. The smallest absolute Gasteiger partial charge is 0.354 e. The number of aromatic nitrogens is 1. The van der Waals surface area contributed by atoms with Crippen molar-refractivity contribution in [3.63, 3.8) is 0 Å². The van der Waals surface area contributed by atoms with E-state index in [0.29, 0.717) is 5.69 Å². The Balaban J connectivity index is 0.000000531. The third-order valence-electron chi connectivity index (χ3n) is 1.94. The normalized spacial score (nSPS) is 9.27. The molecule has 2 aromatic rings. The van der Waals surface area contributed by atoms with Gasteiger partial charge < -0.3 is 9.72 Å². The van der Waals surface area contributed by atoms with E-state index in [1.54, 1.807) is 6.07 Å². The van der Waals surface area contributed by atoms with Crippen LogP contribution in [0.15, 0.2) is 30.3 Å². The maximum Gasteiger partial charge on any atom is 0.354 e. The van der Waals surface area contributed by atoms with Crippen molar-refractivity contribution >= 4 is 16.9 Å². The molecule has 0 spiro atoms. The number of benzene rings is 1. The van der Waals surface area contributed by atoms with Crippen molar-refractivity contribution in [1.29, 1.82) is 0 Å². The van der Waals surface area contributed by atoms with E-state index in [-0.39, 0.29) is 5.97 Å². The fraction of sp³-hybridized carbons (Fsp3) is 0.250. The zero-order chi connectivity index (χ0) is 11.3. The minimum atomic E-state index is -0.337. The molecule has 1 heterocycles. The number of carbonyl (C=O) groups excluding carboxylic acids is 1. The van der Waals surface area contributed by atoms with Crippen LogP contribution >= 0.6 is 0 Å². The Hall–Kier alpha value is -1.77. The molecule has 0 amide bonds. The van der Waals surface area contributed by atoms with Gasteiger partial charge in [-0.15, -0.1) is 0 Å². The van der Waals surface area contributed by atoms with Gasteiger partial charge in [-0.1, -0.05) is 32.0 Å². The van der Waals surface area contributed by atoms with Gasteiger partial charge in [0.1, 0.15) is 5.69 Å². The van der Waals surface area contributed by atoms with Gasteiger partial charge in [-0.25, -0.2) is 4.79 Å². The van der Waals surface area contributed by atoms with Crippen LogP contribution in [0.4, 0.5) is 0 Å². The first kappa shape index (κ1) is 11.3. The van der Waals surface area contributed by atoms with Gasteiger partial charge in [0.05, 0.1) is 7.11 Å². The highest BCUT2D eigenvalue weighted by molar-refractivity contribution is 5.94. The van der Waals surface area contributed by atoms with Gasteiger partial charge >= 0.3 is 5.97 Å². The molecule has 0 atom stereocenters. The number of nitrogens with one attached hydrogen (secondary N) is 1. The van der Waals surface area contributed by atoms with Gasteiger partial charge in [0.2, 0.25) is 0 Å². The molecule has 0 fully saturated rings. The molecular weight excluding hydrogens is 190 g/mol. The fourth-order valence-electron chi connectivity index (χ4n) is 1.29. The van der Waals surface area contributed by atoms with Crippen LogP contribution in [0, 0.1) is 0 Å². The zero-order valence-electron chi connectivity index (χ0n) is 9.20. The van der Waals surface area contributed by atoms with Crippen LogP contribution in [-0.4, -0.2) is 18.1 Å². The number of para-hydroxylation sites is 1. The van der Waals surface area contributed by atoms with Crippen LogP contribution in [0.3, 0.4) is 0 Å². The first-order valence-corrected chi connectivity index (χ1v) is 4.97. The Kier molecular flexibility index (Phi) is 3.92. The summed E-state index contributed by atoms with van der Waals surface area (Å²) in [6, 6.07) is 9.48. The molecule has 0 aliphatic carbocycles. The van der Waals surface area contributed by atoms with Crippen LogP contribution in [-0.2, 0) is 4.74 Å². The van der Waals surface area contributed by atoms with Crippen LogP contribution in [0.25, 0.3) is 10.9 Å². The van der Waals surface area contributed by atoms with Crippen molar-refractivity contribution < 1.29 is 9.53 Å². The fourth-order valence-corrected chi connectivity index (χ4v) is 1.29. The standard InChI is InChI=1S/C10H9NO2.C2H6/c1-13-10(12)9-6-7-4-2-3-5-8(7)11-9;1-2/h2-6,11H,1H3;1-2H3. The molecule has 0 saturated heterocycles. The van der Waals surface area contributed by atoms with Gasteiger partial charge in [-0.2, -0.15) is 0 Å². The highest BCUT2D eigenvalue weighted by Crippen LogP contribution is 2.14. The van der Waals surface area contributed by atoms with Gasteiger partial charge in [-0.05, 0) is 12.1 Å². The topological polar surface area (TPSA) is 42.1 Å². The third-order valence-corrected chi connectivity index (χ3v) is 1.94. The monoisotopic (exact) mass is 205 g/mol. The van der Waals surface area contributed by atoms with Gasteiger partial charge in [-0.3, -0.25) is 0 Å². The van der Waals surface area contributed by atoms with Crippen molar-refractivity contribution in [1.82, 2.24) is 4.98 Å². The van der Waals surface area contributed by atoms with E-state index < -0.39 is 0 Å². The molecule has 3 heteroatoms. The van der Waals surface area contributed by atoms with Crippen molar-refractivity contribution in [2.75, 3.05) is 7.11 Å². The SMILES string of the molecule is CC.COC(=O)c1cc2ccccc2[nH]1. The lowest BCUT2D eigenvalue weighted by molar-refractivity contribution is 0.0595. The third kappa shape index (κ3) is 2.37. The number of methoxy groups -OCH3 is 1. The molecule has 0 bridgehead atoms. The maximum absolute atomic E-state index is 11.1. The summed E-state index contributed by atoms with van der Waals surface area (Å²) < 4.78 is 4.60. The summed E-state index contributed by atoms with van der Waals surface area (Å²) in [6.07, 6.45) is 0. The van der Waals surface area contributed by atoms with Crippen LogP contribution in [0.1, 0.15) is 24.3 Å². The second-order valence-corrected chi connectivity index (χ2v) is 2.76. The van der Waals surface area contributed by atoms with Crippen LogP contribution < -0.4 is 0 Å². The van der Waals surface area contributed by atoms with E-state index in [4.69, 9.17) is 0 Å². The van der Waals surface area contributed by atoms with Crippen molar-refractivity contribution in [3.8, 4) is 0 Å². The largest absolute Gasteiger partial charge is 0.464 e. The Bertz CT molecular complexity index is 413. The lowest BCUT2D eigenvalue weighted by Crippen LogP contribution is -2.00. The van der Waals surface area contributed by atoms with Crippen molar-refractivity contribution in [3.05, 3.63) is 36.0 Å². The molecule has 2 rings (SSSR count). The molecule has 1 N–H and O–H groups in total. The van der Waals surface area contributed by atoms with E-state index in [2.05, 4.69) is 9.72 Å². The number of esters is 1. The second kappa shape index (κ2) is 5.20. The second-order valence-electron chi connectivity index (χ2n) is 2.76. The molecule has 15 heavy (non-hydrogen) atoms. The number of H-pyrrole nitrogens is 1. The molecule has 0 unspecified atom stereocenters. The van der Waals surface area contributed by atoms with E-state index in [1.807, 2.05) is 38.1 Å². The average molecular weight is 205 g/mol. The predicted molar refractivity (Wildman–Crippen MR) is 61.0 cm³/mol. The van der Waals surface area contributed by atoms with E-state index in [1.165, 1.54) is 7.11 Å². The molecule has 1 aromatic heterocycles. The summed E-state index contributed by atoms with van der Waals surface area (Å²) in [5.74, 6) is -0.337. The Morgan fingerprint density at radius 3 is 2.53 bits per heavy atom. The Labute approximate surface area is 89.1 Å². The molecule has 0 aliphatic rings. The predicted octanol–water partition coefficient (Wildman–Crippen LogP) is 2.98. The molecule has 1 aromatic carbocycles. The van der Waals surface area contributed by atoms with E-state index >= 15 is 0 Å². The molecule has 3 nitrogen and oxygen atoms in total. The molecule has 0 saturated carbocycles. The summed E-state index contributed by atoms with van der Waals surface area (Å²) in [5.41, 5.74) is 1.44. The highest BCUT2D eigenvalue weighted by atomic mass is 16.5. The summed E-state index contributed by atoms with van der Waals surface area (Å²) in [7, 11) is 1.37. The molecular formula is C12H15NO2. The number of fused-ring (bicyclic) bond motifs is 1. The lowest BCUT2D eigenvalue weighted by atomic mass is 10.2. The lowest BCUT2D eigenvalue weighted by Gasteiger charge is -1.91. The highest BCUT2D eigenvalue weighted by Gasteiger charge is 2.07. The van der Waals surface area contributed by atoms with Gasteiger partial charge in [0.25, 0.3) is 0 Å². The number of aromatic amines is 1. The van der Waals surface area contributed by atoms with E-state index in [0.717, 1.165) is 10.9 Å². The minimum Gasteiger partial charge on any atom is -0.464 e. The van der Waals surface area contributed by atoms with Crippen molar-refractivity contribution in [2.24, 2.45) is 0 Å². The van der Waals surface area contributed by atoms with Gasteiger partial charge in [0.15, 0.2) is 0 Å². The van der Waals surface area contributed by atoms with Crippen molar-refractivity contribution in [2.45, 2.75) is 13.8 Å². The molecule has 0 aliphatic heterocycles. The van der Waals surface area contributed by atoms with Gasteiger partial charge in [0, 0.05) is 10.9 Å². The summed E-state index contributed by atoms with van der Waals surface area (Å²) in [4.78, 5) is 14.1. The molecule has 0 radical (unpaired) electrons. The Morgan fingerprint density at radius 2 is 1.93 bits per heavy atom. The first-order valence-electron chi connectivity index (χ1n) is 4.97. The summed E-state index contributed by atoms with van der Waals surface area (Å²) >= 11 is 0. The van der Waals surface area contributed by atoms with Crippen LogP contribution in [0.2, 0.25) is 0 Å². The zero-order valence-corrected chi connectivity index (χ0v) is 9.20. The number of ether oxygens (including phenoxy) is 1.